The molecular weight excluding hydrogens is 692 g/mol. The van der Waals surface area contributed by atoms with Crippen LogP contribution in [-0.2, 0) is 39.0 Å². The highest BCUT2D eigenvalue weighted by Crippen LogP contribution is 2.53. The largest absolute Gasteiger partial charge is 0.393 e. The number of ether oxygens (including phenoxy) is 1. The molecule has 12 rings (SSSR count). The third kappa shape index (κ3) is 5.39. The molecule has 2 aromatic heterocycles. The van der Waals surface area contributed by atoms with Crippen molar-refractivity contribution >= 4 is 35.5 Å². The fraction of sp³-hybridized carbons (Fsp3) is 0.737. The Morgan fingerprint density at radius 1 is 0.660 bits per heavy atom. The molecule has 0 N–H and O–H groups in total. The number of carbonyl (C=O) groups is 2. The zero-order valence-electron chi connectivity index (χ0n) is 30.2. The van der Waals surface area contributed by atoms with Crippen LogP contribution in [0.15, 0.2) is 0 Å². The van der Waals surface area contributed by atoms with Crippen molar-refractivity contribution in [2.24, 2.45) is 35.5 Å². The van der Waals surface area contributed by atoms with Crippen LogP contribution in [0, 0.1) is 35.5 Å². The molecule has 53 heavy (non-hydrogen) atoms. The summed E-state index contributed by atoms with van der Waals surface area (Å²) in [7, 11) is 0. The van der Waals surface area contributed by atoms with Crippen molar-refractivity contribution in [2.45, 2.75) is 102 Å². The highest BCUT2D eigenvalue weighted by Gasteiger charge is 2.52. The molecule has 15 heteroatoms. The highest BCUT2D eigenvalue weighted by molar-refractivity contribution is 5.86. The van der Waals surface area contributed by atoms with Crippen LogP contribution in [0.3, 0.4) is 0 Å². The Hall–Kier alpha value is -3.78. The molecule has 10 aliphatic rings. The summed E-state index contributed by atoms with van der Waals surface area (Å²) in [4.78, 5) is 52.8. The van der Waals surface area contributed by atoms with Crippen LogP contribution in [0.2, 0.25) is 0 Å². The summed E-state index contributed by atoms with van der Waals surface area (Å²) >= 11 is 0. The lowest BCUT2D eigenvalue weighted by atomic mass is 9.60. The topological polar surface area (TPSA) is 108 Å². The molecule has 8 fully saturated rings. The summed E-state index contributed by atoms with van der Waals surface area (Å²) in [6.45, 7) is 8.12. The van der Waals surface area contributed by atoms with Crippen molar-refractivity contribution in [3.05, 3.63) is 22.5 Å². The van der Waals surface area contributed by atoms with Gasteiger partial charge in [0.2, 0.25) is 11.9 Å². The number of carbonyl (C=O) groups excluding carboxylic acids is 2. The van der Waals surface area contributed by atoms with Gasteiger partial charge in [-0.2, -0.15) is 27.5 Å². The third-order valence-electron chi connectivity index (χ3n) is 14.3. The van der Waals surface area contributed by atoms with E-state index >= 15 is 0 Å². The van der Waals surface area contributed by atoms with E-state index in [1.807, 2.05) is 9.80 Å². The summed E-state index contributed by atoms with van der Waals surface area (Å²) in [6, 6.07) is 0.441. The maximum absolute atomic E-state index is 14.9. The number of piperidine rings is 4. The molecule has 2 saturated carbocycles. The maximum Gasteiger partial charge on any atom is 0.313 e. The number of nitrogens with zero attached hydrogens (tertiary/aromatic N) is 8. The second-order valence-electron chi connectivity index (χ2n) is 17.3. The molecule has 6 aliphatic heterocycles. The second kappa shape index (κ2) is 11.9. The van der Waals surface area contributed by atoms with Gasteiger partial charge in [0, 0.05) is 88.2 Å². The van der Waals surface area contributed by atoms with E-state index in [0.29, 0.717) is 60.8 Å². The molecule has 2 aromatic rings. The summed E-state index contributed by atoms with van der Waals surface area (Å²) in [6.07, 6.45) is 4.20. The molecule has 4 bridgehead atoms. The minimum atomic E-state index is -2.96. The van der Waals surface area contributed by atoms with Crippen molar-refractivity contribution in [2.75, 3.05) is 58.9 Å². The normalized spacial score (nSPS) is 34.0. The zero-order valence-corrected chi connectivity index (χ0v) is 30.2. The quantitative estimate of drug-likeness (QED) is 0.202. The molecule has 0 spiro atoms. The summed E-state index contributed by atoms with van der Waals surface area (Å²) in [5.41, 5.74) is 0.830. The standard InChI is InChI=1S/C38H46F4N8O3/c1-19-5-9-49(19)35-43-31-25(3-7-37(31,39)40)33(45-35)47-15-21-11-22(16-47)27(21)13-29(51)53-30(52)14-28-23-12-24(28)18-48(17-23)34-26-4-8-38(41,42)32(26)44-36(46-34)50-10-6-20(50)2/h19-24,27-28H,3-18H2,1-2H3/t19-,20-,21-,22+,23-,24+,27?,28?/m0/s1. The Bertz CT molecular complexity index is 1720. The first-order chi connectivity index (χ1) is 25.3. The lowest BCUT2D eigenvalue weighted by Crippen LogP contribution is -2.57. The molecule has 0 radical (unpaired) electrons. The number of esters is 2. The van der Waals surface area contributed by atoms with E-state index in [4.69, 9.17) is 14.7 Å². The van der Waals surface area contributed by atoms with E-state index in [1.54, 1.807) is 0 Å². The van der Waals surface area contributed by atoms with E-state index in [9.17, 15) is 27.2 Å². The lowest BCUT2D eigenvalue weighted by molar-refractivity contribution is -0.164. The van der Waals surface area contributed by atoms with Crippen LogP contribution in [0.25, 0.3) is 0 Å². The van der Waals surface area contributed by atoms with E-state index in [0.717, 1.165) is 38.8 Å². The summed E-state index contributed by atoms with van der Waals surface area (Å²) in [5.74, 6) is -3.98. The Morgan fingerprint density at radius 3 is 1.40 bits per heavy atom. The predicted octanol–water partition coefficient (Wildman–Crippen LogP) is 5.23. The minimum absolute atomic E-state index is 0.0838. The number of rotatable bonds is 8. The van der Waals surface area contributed by atoms with Gasteiger partial charge < -0.3 is 24.3 Å². The number of fused-ring (bicyclic) bond motifs is 6. The average molecular weight is 739 g/mol. The Kier molecular flexibility index (Phi) is 7.55. The van der Waals surface area contributed by atoms with Crippen molar-refractivity contribution in [3.63, 3.8) is 0 Å². The van der Waals surface area contributed by atoms with Gasteiger partial charge in [0.05, 0.1) is 0 Å². The third-order valence-corrected chi connectivity index (χ3v) is 14.3. The molecule has 8 heterocycles. The van der Waals surface area contributed by atoms with Gasteiger partial charge in [-0.05, 0) is 87.9 Å². The van der Waals surface area contributed by atoms with Crippen molar-refractivity contribution in [3.8, 4) is 0 Å². The Labute approximate surface area is 305 Å². The first-order valence-corrected chi connectivity index (χ1v) is 19.7. The maximum atomic E-state index is 14.9. The van der Waals surface area contributed by atoms with Crippen LogP contribution < -0.4 is 19.6 Å². The van der Waals surface area contributed by atoms with Crippen molar-refractivity contribution in [1.82, 2.24) is 19.9 Å². The molecular formula is C38H46F4N8O3. The van der Waals surface area contributed by atoms with Gasteiger partial charge in [-0.3, -0.25) is 9.59 Å². The molecule has 4 aliphatic carbocycles. The second-order valence-corrected chi connectivity index (χ2v) is 17.3. The van der Waals surface area contributed by atoms with Crippen LogP contribution in [0.1, 0.15) is 87.7 Å². The van der Waals surface area contributed by atoms with Crippen LogP contribution in [0.4, 0.5) is 41.1 Å². The molecule has 6 saturated heterocycles. The number of anilines is 4. The molecule has 8 atom stereocenters. The number of alkyl halides is 4. The molecule has 284 valence electrons. The fourth-order valence-electron chi connectivity index (χ4n) is 10.8. The first-order valence-electron chi connectivity index (χ1n) is 19.7. The summed E-state index contributed by atoms with van der Waals surface area (Å²) in [5, 5.41) is 0. The molecule has 0 amide bonds. The smallest absolute Gasteiger partial charge is 0.313 e. The van der Waals surface area contributed by atoms with E-state index in [1.165, 1.54) is 0 Å². The zero-order chi connectivity index (χ0) is 36.6. The lowest BCUT2D eigenvalue weighted by Gasteiger charge is -2.54. The first kappa shape index (κ1) is 33.8. The van der Waals surface area contributed by atoms with Gasteiger partial charge in [-0.1, -0.05) is 0 Å². The van der Waals surface area contributed by atoms with Gasteiger partial charge in [-0.15, -0.1) is 0 Å². The highest BCUT2D eigenvalue weighted by atomic mass is 19.3. The van der Waals surface area contributed by atoms with Crippen LogP contribution in [-0.4, -0.2) is 83.2 Å². The Balaban J connectivity index is 0.751. The Morgan fingerprint density at radius 2 is 1.06 bits per heavy atom. The van der Waals surface area contributed by atoms with Gasteiger partial charge in [0.15, 0.2) is 0 Å². The molecule has 2 unspecified atom stereocenters. The predicted molar refractivity (Wildman–Crippen MR) is 186 cm³/mol. The average Bonchev–Trinajstić information content (AvgIpc) is 3.61. The SMILES string of the molecule is C[C@H]1CCN1c1nc(N2C[C@H]3C[C@@H](C2)C3CC(=O)OC(=O)CC2[C@@H]3C[C@H]2CN(c2nc(N4CC[C@@H]4C)nc4c2CCC4(F)F)C3)c2c(n1)C(F)(F)CC2. The van der Waals surface area contributed by atoms with E-state index in [-0.39, 0.29) is 97.5 Å². The summed E-state index contributed by atoms with van der Waals surface area (Å²) < 4.78 is 65.0. The monoisotopic (exact) mass is 738 g/mol. The fourth-order valence-corrected chi connectivity index (χ4v) is 10.8. The van der Waals surface area contributed by atoms with Crippen LogP contribution >= 0.6 is 0 Å². The van der Waals surface area contributed by atoms with Gasteiger partial charge >= 0.3 is 11.9 Å². The van der Waals surface area contributed by atoms with E-state index < -0.39 is 23.8 Å². The van der Waals surface area contributed by atoms with Crippen molar-refractivity contribution in [1.29, 1.82) is 0 Å². The van der Waals surface area contributed by atoms with Crippen molar-refractivity contribution < 1.29 is 31.9 Å². The van der Waals surface area contributed by atoms with Gasteiger partial charge in [-0.25, -0.2) is 9.97 Å². The van der Waals surface area contributed by atoms with Gasteiger partial charge in [0.1, 0.15) is 23.0 Å². The van der Waals surface area contributed by atoms with E-state index in [2.05, 4.69) is 33.6 Å². The molecule has 11 nitrogen and oxygen atoms in total. The minimum Gasteiger partial charge on any atom is -0.393 e. The van der Waals surface area contributed by atoms with Gasteiger partial charge in [0.25, 0.3) is 11.8 Å². The number of halogens is 4. The molecule has 0 aromatic carbocycles. The van der Waals surface area contributed by atoms with Crippen LogP contribution in [0.5, 0.6) is 0 Å². The number of aromatic nitrogens is 4. The number of hydrogen-bond acceptors (Lipinski definition) is 11. The number of hydrogen-bond donors (Lipinski definition) is 0.